The second-order valence-corrected chi connectivity index (χ2v) is 17.2. The Morgan fingerprint density at radius 3 is 1.70 bits per heavy atom. The van der Waals surface area contributed by atoms with E-state index in [2.05, 4.69) is 86.8 Å². The average molecular weight is 821 g/mol. The van der Waals surface area contributed by atoms with E-state index in [0.717, 1.165) is 64.2 Å². The van der Waals surface area contributed by atoms with Gasteiger partial charge in [-0.05, 0) is 89.9 Å². The number of esters is 2. The van der Waals surface area contributed by atoms with Gasteiger partial charge in [-0.2, -0.15) is 0 Å². The summed E-state index contributed by atoms with van der Waals surface area (Å²) >= 11 is 0. The molecule has 0 saturated carbocycles. The third-order valence-electron chi connectivity index (χ3n) is 9.13. The van der Waals surface area contributed by atoms with Gasteiger partial charge in [0.25, 0.3) is 0 Å². The second-order valence-electron chi connectivity index (χ2n) is 15.8. The summed E-state index contributed by atoms with van der Waals surface area (Å²) in [4.78, 5) is 35.4. The first kappa shape index (κ1) is 52.4. The fourth-order valence-electron chi connectivity index (χ4n) is 5.58. The molecule has 1 rings (SSSR count). The highest BCUT2D eigenvalue weighted by Crippen LogP contribution is 2.43. The topological polar surface area (TPSA) is 121 Å². The van der Waals surface area contributed by atoms with Gasteiger partial charge < -0.3 is 23.6 Å². The molecule has 0 aromatic carbocycles. The summed E-state index contributed by atoms with van der Waals surface area (Å²) < 4.78 is 40.0. The first-order chi connectivity index (χ1) is 27.5. The molecule has 0 radical (unpaired) electrons. The zero-order chi connectivity index (χ0) is 41.9. The first-order valence-electron chi connectivity index (χ1n) is 21.8. The zero-order valence-corrected chi connectivity index (χ0v) is 37.1. The maximum Gasteiger partial charge on any atom is 0.472 e. The van der Waals surface area contributed by atoms with Crippen molar-refractivity contribution in [2.45, 2.75) is 161 Å². The minimum atomic E-state index is -4.41. The predicted molar refractivity (Wildman–Crippen MR) is 233 cm³/mol. The SMILES string of the molecule is CCCCC/C=C\C/C=C\C/C=C\CCCCC(=O)OC[C@H](COP(=O)(O)OCC[N+](C)(C)C)OC(=O)CCCC1OC1C/C=C\C/C=C\C/C=C\CCCCC. The van der Waals surface area contributed by atoms with Crippen molar-refractivity contribution in [3.8, 4) is 0 Å². The van der Waals surface area contributed by atoms with Gasteiger partial charge in [-0.3, -0.25) is 18.6 Å². The molecule has 1 aliphatic heterocycles. The van der Waals surface area contributed by atoms with Gasteiger partial charge in [0.2, 0.25) is 0 Å². The van der Waals surface area contributed by atoms with E-state index in [-0.39, 0.29) is 38.3 Å². The van der Waals surface area contributed by atoms with Gasteiger partial charge in [-0.1, -0.05) is 112 Å². The van der Waals surface area contributed by atoms with Crippen molar-refractivity contribution >= 4 is 19.8 Å². The van der Waals surface area contributed by atoms with Crippen LogP contribution in [0.2, 0.25) is 0 Å². The van der Waals surface area contributed by atoms with E-state index in [1.807, 2.05) is 21.1 Å². The molecule has 57 heavy (non-hydrogen) atoms. The molecule has 0 amide bonds. The first-order valence-corrected chi connectivity index (χ1v) is 23.3. The van der Waals surface area contributed by atoms with E-state index in [9.17, 15) is 19.0 Å². The summed E-state index contributed by atoms with van der Waals surface area (Å²) in [6.07, 6.45) is 44.0. The Labute approximate surface area is 346 Å². The predicted octanol–water partition coefficient (Wildman–Crippen LogP) is 11.2. The van der Waals surface area contributed by atoms with Crippen molar-refractivity contribution in [2.24, 2.45) is 0 Å². The molecule has 4 atom stereocenters. The molecule has 0 aromatic heterocycles. The Morgan fingerprint density at radius 2 is 1.16 bits per heavy atom. The quantitative estimate of drug-likeness (QED) is 0.0163. The molecule has 326 valence electrons. The van der Waals surface area contributed by atoms with E-state index >= 15 is 0 Å². The minimum Gasteiger partial charge on any atom is -0.462 e. The number of rotatable bonds is 37. The number of carbonyl (C=O) groups is 2. The lowest BCUT2D eigenvalue weighted by Gasteiger charge is -2.24. The van der Waals surface area contributed by atoms with Crippen LogP contribution in [0.1, 0.15) is 142 Å². The third-order valence-corrected chi connectivity index (χ3v) is 10.1. The smallest absolute Gasteiger partial charge is 0.462 e. The number of hydrogen-bond acceptors (Lipinski definition) is 8. The van der Waals surface area contributed by atoms with Gasteiger partial charge in [-0.25, -0.2) is 4.57 Å². The monoisotopic (exact) mass is 821 g/mol. The number of quaternary nitrogens is 1. The Morgan fingerprint density at radius 1 is 0.649 bits per heavy atom. The fourth-order valence-corrected chi connectivity index (χ4v) is 6.32. The number of ether oxygens (including phenoxy) is 3. The molecule has 1 N–H and O–H groups in total. The Hall–Kier alpha value is -2.59. The molecule has 3 unspecified atom stereocenters. The van der Waals surface area contributed by atoms with Gasteiger partial charge >= 0.3 is 19.8 Å². The average Bonchev–Trinajstić information content (AvgIpc) is 3.91. The molecule has 0 aromatic rings. The highest BCUT2D eigenvalue weighted by Gasteiger charge is 2.37. The van der Waals surface area contributed by atoms with Gasteiger partial charge in [0.15, 0.2) is 6.10 Å². The van der Waals surface area contributed by atoms with Crippen LogP contribution in [0.25, 0.3) is 0 Å². The van der Waals surface area contributed by atoms with E-state index in [4.69, 9.17) is 23.3 Å². The van der Waals surface area contributed by atoms with Crippen molar-refractivity contribution < 1.29 is 46.8 Å². The molecule has 11 heteroatoms. The number of likely N-dealkylation sites (N-methyl/N-ethyl adjacent to an activating group) is 1. The fraction of sp³-hybridized carbons (Fsp3) is 0.696. The van der Waals surface area contributed by atoms with E-state index < -0.39 is 32.5 Å². The number of hydrogen-bond donors (Lipinski definition) is 1. The van der Waals surface area contributed by atoms with Crippen LogP contribution in [-0.2, 0) is 37.4 Å². The molecule has 0 bridgehead atoms. The maximum absolute atomic E-state index is 12.8. The summed E-state index contributed by atoms with van der Waals surface area (Å²) in [6, 6.07) is 0. The highest BCUT2D eigenvalue weighted by molar-refractivity contribution is 7.47. The number of phosphoric ester groups is 1. The lowest BCUT2D eigenvalue weighted by molar-refractivity contribution is -0.870. The molecule has 1 fully saturated rings. The van der Waals surface area contributed by atoms with E-state index in [1.54, 1.807) is 0 Å². The Bertz CT molecular complexity index is 1270. The summed E-state index contributed by atoms with van der Waals surface area (Å²) in [5.41, 5.74) is 0. The van der Waals surface area contributed by atoms with Gasteiger partial charge in [0.05, 0.1) is 40.0 Å². The van der Waals surface area contributed by atoms with Crippen LogP contribution in [0.15, 0.2) is 72.9 Å². The highest BCUT2D eigenvalue weighted by atomic mass is 31.2. The lowest BCUT2D eigenvalue weighted by atomic mass is 10.1. The van der Waals surface area contributed by atoms with Crippen LogP contribution < -0.4 is 0 Å². The molecular weight excluding hydrogens is 741 g/mol. The van der Waals surface area contributed by atoms with Crippen molar-refractivity contribution in [2.75, 3.05) is 47.5 Å². The Kier molecular flexibility index (Phi) is 31.5. The van der Waals surface area contributed by atoms with Crippen molar-refractivity contribution in [1.82, 2.24) is 0 Å². The number of unbranched alkanes of at least 4 members (excludes halogenated alkanes) is 8. The Balaban J connectivity index is 2.39. The molecular formula is C46H79NO9P+. The van der Waals surface area contributed by atoms with Gasteiger partial charge in [-0.15, -0.1) is 0 Å². The van der Waals surface area contributed by atoms with Crippen LogP contribution in [0.4, 0.5) is 0 Å². The summed E-state index contributed by atoms with van der Waals surface area (Å²) in [5.74, 6) is -0.928. The van der Waals surface area contributed by atoms with Crippen molar-refractivity contribution in [3.63, 3.8) is 0 Å². The van der Waals surface area contributed by atoms with Crippen molar-refractivity contribution in [1.29, 1.82) is 0 Å². The minimum absolute atomic E-state index is 0.00759. The van der Waals surface area contributed by atoms with E-state index in [1.165, 1.54) is 38.5 Å². The van der Waals surface area contributed by atoms with Crippen LogP contribution in [0.5, 0.6) is 0 Å². The van der Waals surface area contributed by atoms with Crippen LogP contribution >= 0.6 is 7.82 Å². The zero-order valence-electron chi connectivity index (χ0n) is 36.2. The molecule has 1 saturated heterocycles. The van der Waals surface area contributed by atoms with E-state index in [0.29, 0.717) is 23.9 Å². The molecule has 1 aliphatic rings. The normalized spacial score (nSPS) is 17.9. The lowest BCUT2D eigenvalue weighted by Crippen LogP contribution is -2.37. The summed E-state index contributed by atoms with van der Waals surface area (Å²) in [5, 5.41) is 0. The largest absolute Gasteiger partial charge is 0.472 e. The number of carbonyl (C=O) groups excluding carboxylic acids is 2. The third kappa shape index (κ3) is 35.1. The van der Waals surface area contributed by atoms with Crippen LogP contribution in [0, 0.1) is 0 Å². The number of epoxide rings is 1. The second kappa shape index (κ2) is 34.3. The molecule has 1 heterocycles. The molecule has 10 nitrogen and oxygen atoms in total. The number of nitrogens with zero attached hydrogens (tertiary/aromatic N) is 1. The molecule has 0 spiro atoms. The van der Waals surface area contributed by atoms with Crippen LogP contribution in [-0.4, -0.2) is 87.1 Å². The van der Waals surface area contributed by atoms with Gasteiger partial charge in [0, 0.05) is 12.8 Å². The maximum atomic E-state index is 12.8. The summed E-state index contributed by atoms with van der Waals surface area (Å²) in [6.45, 7) is 4.21. The molecule has 0 aliphatic carbocycles. The number of allylic oxidation sites excluding steroid dienone is 11. The number of phosphoric acid groups is 1. The standard InChI is InChI=1S/C46H78NO9P/c1-6-8-10-12-14-16-18-20-21-22-24-26-28-30-32-36-45(48)52-40-42(41-54-57(50,51)53-39-38-47(3,4)5)55-46(49)37-33-35-44-43(56-44)34-31-29-27-25-23-19-17-15-13-11-9-7-2/h14-17,20-21,23-26,29,31,42-44H,6-13,18-19,22,27-28,30,32-41H2,1-5H3/p+1/b16-14-,17-15-,21-20-,25-23-,26-24-,31-29-/t42-,43?,44?/m1/s1. The van der Waals surface area contributed by atoms with Crippen LogP contribution in [0.3, 0.4) is 0 Å². The summed E-state index contributed by atoms with van der Waals surface area (Å²) in [7, 11) is 1.39. The van der Waals surface area contributed by atoms with Gasteiger partial charge in [0.1, 0.15) is 19.8 Å². The van der Waals surface area contributed by atoms with Crippen molar-refractivity contribution in [3.05, 3.63) is 72.9 Å².